The van der Waals surface area contributed by atoms with Crippen LogP contribution in [0.25, 0.3) is 0 Å². The van der Waals surface area contributed by atoms with E-state index in [0.29, 0.717) is 37.3 Å². The van der Waals surface area contributed by atoms with Gasteiger partial charge in [0, 0.05) is 51.4 Å². The van der Waals surface area contributed by atoms with Gasteiger partial charge in [-0.15, -0.1) is 0 Å². The Morgan fingerprint density at radius 3 is 2.39 bits per heavy atom. The molecule has 2 saturated heterocycles. The molecule has 0 unspecified atom stereocenters. The predicted octanol–water partition coefficient (Wildman–Crippen LogP) is 2.31. The lowest BCUT2D eigenvalue weighted by atomic mass is 10.2. The van der Waals surface area contributed by atoms with Crippen molar-refractivity contribution in [3.63, 3.8) is 0 Å². The first-order valence-corrected chi connectivity index (χ1v) is 10.7. The molecule has 162 valence electrons. The summed E-state index contributed by atoms with van der Waals surface area (Å²) in [7, 11) is 0. The van der Waals surface area contributed by atoms with Gasteiger partial charge in [-0.2, -0.15) is 0 Å². The molecular weight excluding hydrogens is 394 g/mol. The van der Waals surface area contributed by atoms with Crippen LogP contribution in [0.3, 0.4) is 0 Å². The van der Waals surface area contributed by atoms with Crippen molar-refractivity contribution in [2.45, 2.75) is 19.4 Å². The molecule has 0 bridgehead atoms. The average molecular weight is 421 g/mol. The number of nitrogens with zero attached hydrogens (tertiary/aromatic N) is 3. The van der Waals surface area contributed by atoms with E-state index in [1.165, 1.54) is 5.56 Å². The minimum Gasteiger partial charge on any atom is -0.452 e. The number of carbonyl (C=O) groups excluding carboxylic acids is 3. The highest BCUT2D eigenvalue weighted by molar-refractivity contribution is 5.97. The molecule has 0 N–H and O–H groups in total. The molecule has 0 spiro atoms. The maximum Gasteiger partial charge on any atom is 0.338 e. The molecule has 2 aliphatic heterocycles. The number of amides is 2. The Kier molecular flexibility index (Phi) is 6.62. The molecule has 0 saturated carbocycles. The normalized spacial score (nSPS) is 17.1. The Morgan fingerprint density at radius 2 is 1.68 bits per heavy atom. The number of rotatable bonds is 6. The minimum absolute atomic E-state index is 0.0621. The smallest absolute Gasteiger partial charge is 0.338 e. The average Bonchev–Trinajstić information content (AvgIpc) is 3.24. The van der Waals surface area contributed by atoms with E-state index in [0.717, 1.165) is 26.1 Å². The van der Waals surface area contributed by atoms with Crippen molar-refractivity contribution in [3.05, 3.63) is 65.7 Å². The highest BCUT2D eigenvalue weighted by Gasteiger charge is 2.24. The van der Waals surface area contributed by atoms with Gasteiger partial charge in [-0.3, -0.25) is 14.5 Å². The van der Waals surface area contributed by atoms with Crippen molar-refractivity contribution in [1.82, 2.24) is 9.80 Å². The number of piperazine rings is 1. The van der Waals surface area contributed by atoms with Crippen LogP contribution in [0, 0.1) is 0 Å². The minimum atomic E-state index is -0.551. The third-order valence-electron chi connectivity index (χ3n) is 5.77. The fourth-order valence-electron chi connectivity index (χ4n) is 4.02. The van der Waals surface area contributed by atoms with Gasteiger partial charge in [-0.05, 0) is 30.2 Å². The van der Waals surface area contributed by atoms with Crippen LogP contribution in [0.15, 0.2) is 54.6 Å². The van der Waals surface area contributed by atoms with Gasteiger partial charge in [0.05, 0.1) is 5.56 Å². The van der Waals surface area contributed by atoms with Gasteiger partial charge in [-0.25, -0.2) is 4.79 Å². The van der Waals surface area contributed by atoms with E-state index in [1.807, 2.05) is 18.2 Å². The first-order valence-electron chi connectivity index (χ1n) is 10.7. The van der Waals surface area contributed by atoms with Crippen molar-refractivity contribution in [3.8, 4) is 0 Å². The molecule has 0 aromatic heterocycles. The molecule has 2 aliphatic rings. The largest absolute Gasteiger partial charge is 0.452 e. The Hall–Kier alpha value is -3.19. The van der Waals surface area contributed by atoms with E-state index < -0.39 is 5.97 Å². The number of esters is 1. The van der Waals surface area contributed by atoms with E-state index >= 15 is 0 Å². The van der Waals surface area contributed by atoms with Crippen LogP contribution in [-0.2, 0) is 20.9 Å². The van der Waals surface area contributed by atoms with E-state index in [4.69, 9.17) is 4.74 Å². The lowest BCUT2D eigenvalue weighted by Gasteiger charge is -2.34. The van der Waals surface area contributed by atoms with Crippen molar-refractivity contribution in [2.24, 2.45) is 0 Å². The van der Waals surface area contributed by atoms with Crippen LogP contribution >= 0.6 is 0 Å². The Labute approximate surface area is 182 Å². The van der Waals surface area contributed by atoms with Gasteiger partial charge >= 0.3 is 5.97 Å². The van der Waals surface area contributed by atoms with Crippen molar-refractivity contribution in [2.75, 3.05) is 44.2 Å². The standard InChI is InChI=1S/C24H27N3O4/c28-22-10-5-11-27(22)21-9-4-8-20(16-21)24(30)31-18-23(29)26-14-12-25(13-15-26)17-19-6-2-1-3-7-19/h1-4,6-9,16H,5,10-15,17-18H2. The molecule has 0 aliphatic carbocycles. The highest BCUT2D eigenvalue weighted by atomic mass is 16.5. The zero-order valence-corrected chi connectivity index (χ0v) is 17.5. The Balaban J connectivity index is 1.24. The van der Waals surface area contributed by atoms with Crippen molar-refractivity contribution < 1.29 is 19.1 Å². The fourth-order valence-corrected chi connectivity index (χ4v) is 4.02. The lowest BCUT2D eigenvalue weighted by Crippen LogP contribution is -2.49. The zero-order valence-electron chi connectivity index (χ0n) is 17.5. The summed E-state index contributed by atoms with van der Waals surface area (Å²) in [6.45, 7) is 4.08. The third-order valence-corrected chi connectivity index (χ3v) is 5.77. The van der Waals surface area contributed by atoms with Crippen LogP contribution in [0.2, 0.25) is 0 Å². The van der Waals surface area contributed by atoms with Gasteiger partial charge in [0.2, 0.25) is 5.91 Å². The summed E-state index contributed by atoms with van der Waals surface area (Å²) in [6, 6.07) is 17.1. The highest BCUT2D eigenvalue weighted by Crippen LogP contribution is 2.22. The maximum absolute atomic E-state index is 12.5. The fraction of sp³-hybridized carbons (Fsp3) is 0.375. The Bertz CT molecular complexity index is 939. The molecular formula is C24H27N3O4. The van der Waals surface area contributed by atoms with Gasteiger partial charge < -0.3 is 14.5 Å². The quantitative estimate of drug-likeness (QED) is 0.670. The molecule has 7 nitrogen and oxygen atoms in total. The first kappa shape index (κ1) is 21.1. The summed E-state index contributed by atoms with van der Waals surface area (Å²) in [5.41, 5.74) is 2.30. The number of hydrogen-bond donors (Lipinski definition) is 0. The molecule has 0 radical (unpaired) electrons. The first-order chi connectivity index (χ1) is 15.1. The number of carbonyl (C=O) groups is 3. The molecule has 2 fully saturated rings. The number of benzene rings is 2. The lowest BCUT2D eigenvalue weighted by molar-refractivity contribution is -0.136. The Morgan fingerprint density at radius 1 is 0.903 bits per heavy atom. The molecule has 2 aromatic rings. The van der Waals surface area contributed by atoms with Crippen LogP contribution in [0.1, 0.15) is 28.8 Å². The number of hydrogen-bond acceptors (Lipinski definition) is 5. The van der Waals surface area contributed by atoms with Gasteiger partial charge in [0.1, 0.15) is 0 Å². The summed E-state index contributed by atoms with van der Waals surface area (Å²) in [5, 5.41) is 0. The topological polar surface area (TPSA) is 70.2 Å². The molecule has 0 atom stereocenters. The van der Waals surface area contributed by atoms with Crippen molar-refractivity contribution >= 4 is 23.5 Å². The van der Waals surface area contributed by atoms with E-state index in [1.54, 1.807) is 34.1 Å². The molecule has 31 heavy (non-hydrogen) atoms. The predicted molar refractivity (Wildman–Crippen MR) is 117 cm³/mol. The van der Waals surface area contributed by atoms with Gasteiger partial charge in [0.15, 0.2) is 6.61 Å². The second-order valence-electron chi connectivity index (χ2n) is 7.92. The molecule has 7 heteroatoms. The molecule has 2 amide bonds. The van der Waals surface area contributed by atoms with Crippen LogP contribution in [0.4, 0.5) is 5.69 Å². The second kappa shape index (κ2) is 9.75. The van der Waals surface area contributed by atoms with Crippen LogP contribution in [0.5, 0.6) is 0 Å². The third kappa shape index (κ3) is 5.30. The number of anilines is 1. The summed E-state index contributed by atoms with van der Waals surface area (Å²) in [4.78, 5) is 42.6. The van der Waals surface area contributed by atoms with E-state index in [-0.39, 0.29) is 18.4 Å². The summed E-state index contributed by atoms with van der Waals surface area (Å²) in [6.07, 6.45) is 1.35. The van der Waals surface area contributed by atoms with E-state index in [2.05, 4.69) is 17.0 Å². The van der Waals surface area contributed by atoms with Gasteiger partial charge in [0.25, 0.3) is 5.91 Å². The summed E-state index contributed by atoms with van der Waals surface area (Å²) in [5.74, 6) is -0.671. The molecule has 2 aromatic carbocycles. The molecule has 2 heterocycles. The van der Waals surface area contributed by atoms with Crippen LogP contribution < -0.4 is 4.90 Å². The van der Waals surface area contributed by atoms with E-state index in [9.17, 15) is 14.4 Å². The SMILES string of the molecule is O=C(OCC(=O)N1CCN(Cc2ccccc2)CC1)c1cccc(N2CCCC2=O)c1. The second-order valence-corrected chi connectivity index (χ2v) is 7.92. The van der Waals surface area contributed by atoms with Gasteiger partial charge in [-0.1, -0.05) is 36.4 Å². The number of ether oxygens (including phenoxy) is 1. The summed E-state index contributed by atoms with van der Waals surface area (Å²) >= 11 is 0. The molecule has 4 rings (SSSR count). The maximum atomic E-state index is 12.5. The zero-order chi connectivity index (χ0) is 21.6. The monoisotopic (exact) mass is 421 g/mol. The van der Waals surface area contributed by atoms with Crippen LogP contribution in [-0.4, -0.2) is 66.9 Å². The van der Waals surface area contributed by atoms with Crippen molar-refractivity contribution in [1.29, 1.82) is 0 Å². The summed E-state index contributed by atoms with van der Waals surface area (Å²) < 4.78 is 5.26.